The van der Waals surface area contributed by atoms with Gasteiger partial charge < -0.3 is 5.32 Å². The lowest BCUT2D eigenvalue weighted by atomic mass is 9.94. The van der Waals surface area contributed by atoms with Crippen molar-refractivity contribution >= 4 is 0 Å². The van der Waals surface area contributed by atoms with Gasteiger partial charge in [0.25, 0.3) is 0 Å². The van der Waals surface area contributed by atoms with Crippen molar-refractivity contribution in [1.82, 2.24) is 5.32 Å². The second-order valence-electron chi connectivity index (χ2n) is 4.96. The van der Waals surface area contributed by atoms with Crippen molar-refractivity contribution in [3.8, 4) is 0 Å². The fraction of sp³-hybridized carbons (Fsp3) is 0.846. The Morgan fingerprint density at radius 3 is 2.43 bits per heavy atom. The molecule has 80 valence electrons. The molecule has 0 aliphatic heterocycles. The first-order chi connectivity index (χ1) is 6.95. The summed E-state index contributed by atoms with van der Waals surface area (Å²) in [5, 5.41) is 3.66. The first-order valence-electron chi connectivity index (χ1n) is 6.31. The monoisotopic (exact) mass is 193 g/mol. The molecule has 0 radical (unpaired) electrons. The fourth-order valence-corrected chi connectivity index (χ4v) is 2.75. The van der Waals surface area contributed by atoms with E-state index in [1.54, 1.807) is 0 Å². The van der Waals surface area contributed by atoms with Gasteiger partial charge in [-0.25, -0.2) is 0 Å². The third-order valence-electron chi connectivity index (χ3n) is 3.72. The zero-order valence-electron chi connectivity index (χ0n) is 9.17. The number of hydrogen-bond donors (Lipinski definition) is 1. The molecule has 0 spiro atoms. The van der Waals surface area contributed by atoms with Crippen LogP contribution in [0, 0.1) is 11.8 Å². The van der Waals surface area contributed by atoms with Crippen molar-refractivity contribution in [3.63, 3.8) is 0 Å². The van der Waals surface area contributed by atoms with Gasteiger partial charge in [0.15, 0.2) is 0 Å². The number of rotatable bonds is 4. The summed E-state index contributed by atoms with van der Waals surface area (Å²) in [6.07, 6.45) is 14.6. The van der Waals surface area contributed by atoms with Crippen molar-refractivity contribution in [1.29, 1.82) is 0 Å². The molecule has 1 N–H and O–H groups in total. The summed E-state index contributed by atoms with van der Waals surface area (Å²) in [4.78, 5) is 0. The van der Waals surface area contributed by atoms with E-state index in [1.807, 2.05) is 0 Å². The molecular formula is C13H23N. The van der Waals surface area contributed by atoms with E-state index >= 15 is 0 Å². The summed E-state index contributed by atoms with van der Waals surface area (Å²) in [6.45, 7) is 2.53. The van der Waals surface area contributed by atoms with Gasteiger partial charge in [0.2, 0.25) is 0 Å². The van der Waals surface area contributed by atoms with Crippen molar-refractivity contribution < 1.29 is 0 Å². The first kappa shape index (κ1) is 10.2. The molecule has 1 nitrogen and oxygen atoms in total. The van der Waals surface area contributed by atoms with E-state index in [1.165, 1.54) is 58.0 Å². The van der Waals surface area contributed by atoms with E-state index in [4.69, 9.17) is 0 Å². The zero-order valence-corrected chi connectivity index (χ0v) is 9.17. The summed E-state index contributed by atoms with van der Waals surface area (Å²) in [5.41, 5.74) is 0. The Bertz CT molecular complexity index is 180. The minimum absolute atomic E-state index is 0.918. The average Bonchev–Trinajstić information content (AvgIpc) is 2.72. The van der Waals surface area contributed by atoms with Crippen molar-refractivity contribution in [3.05, 3.63) is 12.2 Å². The van der Waals surface area contributed by atoms with Crippen LogP contribution in [0.2, 0.25) is 0 Å². The Balaban J connectivity index is 1.55. The summed E-state index contributed by atoms with van der Waals surface area (Å²) in [5.74, 6) is 1.91. The van der Waals surface area contributed by atoms with Gasteiger partial charge in [-0.05, 0) is 57.0 Å². The van der Waals surface area contributed by atoms with Gasteiger partial charge in [-0.2, -0.15) is 0 Å². The highest BCUT2D eigenvalue weighted by Crippen LogP contribution is 2.24. The minimum atomic E-state index is 0.918. The summed E-state index contributed by atoms with van der Waals surface area (Å²) in [6, 6.07) is 0. The van der Waals surface area contributed by atoms with E-state index in [9.17, 15) is 0 Å². The summed E-state index contributed by atoms with van der Waals surface area (Å²) >= 11 is 0. The Kier molecular flexibility index (Phi) is 4.05. The van der Waals surface area contributed by atoms with Crippen LogP contribution >= 0.6 is 0 Å². The molecule has 0 aromatic heterocycles. The normalized spacial score (nSPS) is 28.4. The molecule has 2 aliphatic carbocycles. The van der Waals surface area contributed by atoms with Crippen molar-refractivity contribution in [2.24, 2.45) is 11.8 Å². The molecule has 14 heavy (non-hydrogen) atoms. The number of hydrogen-bond acceptors (Lipinski definition) is 1. The molecule has 1 saturated carbocycles. The van der Waals surface area contributed by atoms with E-state index in [-0.39, 0.29) is 0 Å². The van der Waals surface area contributed by atoms with Gasteiger partial charge in [0, 0.05) is 0 Å². The van der Waals surface area contributed by atoms with Gasteiger partial charge in [0.1, 0.15) is 0 Å². The molecule has 0 heterocycles. The Morgan fingerprint density at radius 2 is 1.71 bits per heavy atom. The van der Waals surface area contributed by atoms with Crippen molar-refractivity contribution in [2.75, 3.05) is 13.1 Å². The molecule has 0 saturated heterocycles. The van der Waals surface area contributed by atoms with Crippen molar-refractivity contribution in [2.45, 2.75) is 44.9 Å². The Labute approximate surface area is 88.0 Å². The van der Waals surface area contributed by atoms with Crippen LogP contribution in [0.25, 0.3) is 0 Å². The third-order valence-corrected chi connectivity index (χ3v) is 3.72. The maximum absolute atomic E-state index is 3.66. The molecule has 0 amide bonds. The standard InChI is InChI=1S/C13H23N/c1-2-6-12(7-3-1)10-14-11-13-8-4-5-9-13/h1-2,12-14H,3-11H2. The molecule has 0 bridgehead atoms. The highest BCUT2D eigenvalue weighted by Gasteiger charge is 2.15. The summed E-state index contributed by atoms with van der Waals surface area (Å²) in [7, 11) is 0. The average molecular weight is 193 g/mol. The molecule has 1 atom stereocenters. The molecule has 1 fully saturated rings. The predicted octanol–water partition coefficient (Wildman–Crippen LogP) is 3.12. The molecule has 2 rings (SSSR count). The zero-order chi connectivity index (χ0) is 9.64. The number of nitrogens with one attached hydrogen (secondary N) is 1. The lowest BCUT2D eigenvalue weighted by Gasteiger charge is -2.19. The second-order valence-corrected chi connectivity index (χ2v) is 4.96. The van der Waals surface area contributed by atoms with Crippen LogP contribution in [-0.2, 0) is 0 Å². The highest BCUT2D eigenvalue weighted by molar-refractivity contribution is 4.90. The largest absolute Gasteiger partial charge is 0.316 e. The molecule has 0 aromatic carbocycles. The maximum atomic E-state index is 3.66. The number of allylic oxidation sites excluding steroid dienone is 2. The quantitative estimate of drug-likeness (QED) is 0.676. The van der Waals surface area contributed by atoms with Crippen LogP contribution in [0.4, 0.5) is 0 Å². The van der Waals surface area contributed by atoms with Gasteiger partial charge in [0.05, 0.1) is 0 Å². The maximum Gasteiger partial charge on any atom is -0.00173 e. The fourth-order valence-electron chi connectivity index (χ4n) is 2.75. The topological polar surface area (TPSA) is 12.0 Å². The van der Waals surface area contributed by atoms with Crippen LogP contribution in [0.5, 0.6) is 0 Å². The SMILES string of the molecule is C1=CCC(CNCC2CCCC2)CC1. The van der Waals surface area contributed by atoms with Crippen LogP contribution < -0.4 is 5.32 Å². The molecule has 2 aliphatic rings. The van der Waals surface area contributed by atoms with Crippen LogP contribution in [-0.4, -0.2) is 13.1 Å². The molecule has 0 aromatic rings. The minimum Gasteiger partial charge on any atom is -0.316 e. The third kappa shape index (κ3) is 3.13. The predicted molar refractivity (Wildman–Crippen MR) is 61.3 cm³/mol. The van der Waals surface area contributed by atoms with E-state index in [0.717, 1.165) is 11.8 Å². The lowest BCUT2D eigenvalue weighted by molar-refractivity contribution is 0.407. The lowest BCUT2D eigenvalue weighted by Crippen LogP contribution is -2.27. The Morgan fingerprint density at radius 1 is 0.929 bits per heavy atom. The Hall–Kier alpha value is -0.300. The second kappa shape index (κ2) is 5.55. The smallest absolute Gasteiger partial charge is 0.00173 e. The van der Waals surface area contributed by atoms with Crippen LogP contribution in [0.1, 0.15) is 44.9 Å². The highest BCUT2D eigenvalue weighted by atomic mass is 14.9. The molecule has 1 unspecified atom stereocenters. The van der Waals surface area contributed by atoms with Gasteiger partial charge in [-0.3, -0.25) is 0 Å². The van der Waals surface area contributed by atoms with Crippen LogP contribution in [0.15, 0.2) is 12.2 Å². The van der Waals surface area contributed by atoms with E-state index < -0.39 is 0 Å². The van der Waals surface area contributed by atoms with E-state index in [0.29, 0.717) is 0 Å². The van der Waals surface area contributed by atoms with E-state index in [2.05, 4.69) is 17.5 Å². The first-order valence-corrected chi connectivity index (χ1v) is 6.31. The van der Waals surface area contributed by atoms with Crippen LogP contribution in [0.3, 0.4) is 0 Å². The van der Waals surface area contributed by atoms with Gasteiger partial charge >= 0.3 is 0 Å². The van der Waals surface area contributed by atoms with Gasteiger partial charge in [-0.1, -0.05) is 25.0 Å². The molecular weight excluding hydrogens is 170 g/mol. The summed E-state index contributed by atoms with van der Waals surface area (Å²) < 4.78 is 0. The van der Waals surface area contributed by atoms with Gasteiger partial charge in [-0.15, -0.1) is 0 Å². The molecule has 1 heteroatoms.